The van der Waals surface area contributed by atoms with Crippen LogP contribution in [-0.4, -0.2) is 31.4 Å². The molecule has 0 aliphatic heterocycles. The minimum Gasteiger partial charge on any atom is -0.465 e. The summed E-state index contributed by atoms with van der Waals surface area (Å²) in [7, 11) is 1.17. The molecule has 0 saturated carbocycles. The second-order valence-electron chi connectivity index (χ2n) is 7.83. The third-order valence-corrected chi connectivity index (χ3v) is 6.83. The topological polar surface area (TPSA) is 52.6 Å². The Morgan fingerprint density at radius 2 is 1.11 bits per heavy atom. The molecule has 0 aliphatic rings. The number of halogens is 8. The van der Waals surface area contributed by atoms with Crippen LogP contribution in [0.15, 0.2) is 69.6 Å². The summed E-state index contributed by atoms with van der Waals surface area (Å²) in [6.45, 7) is 1.54. The third-order valence-electron chi connectivity index (χ3n) is 5.51. The fourth-order valence-electron chi connectivity index (χ4n) is 3.69. The highest BCUT2D eigenvalue weighted by atomic mass is 79.9. The zero-order valence-corrected chi connectivity index (χ0v) is 22.1. The van der Waals surface area contributed by atoms with E-state index in [1.165, 1.54) is 38.3 Å². The van der Waals surface area contributed by atoms with E-state index in [-0.39, 0.29) is 25.8 Å². The van der Waals surface area contributed by atoms with Crippen LogP contribution in [0.3, 0.4) is 0 Å². The second-order valence-corrected chi connectivity index (χ2v) is 9.54. The predicted octanol–water partition coefficient (Wildman–Crippen LogP) is 7.94. The molecule has 0 aromatic heterocycles. The van der Waals surface area contributed by atoms with E-state index in [0.29, 0.717) is 17.7 Å². The number of ether oxygens (including phenoxy) is 2. The lowest BCUT2D eigenvalue weighted by atomic mass is 9.72. The third kappa shape index (κ3) is 5.40. The summed E-state index contributed by atoms with van der Waals surface area (Å²) in [4.78, 5) is 24.4. The summed E-state index contributed by atoms with van der Waals surface area (Å²) in [5.41, 5.74) is -5.88. The highest BCUT2D eigenvalue weighted by Crippen LogP contribution is 2.56. The van der Waals surface area contributed by atoms with Crippen molar-refractivity contribution >= 4 is 43.8 Å². The van der Waals surface area contributed by atoms with Crippen molar-refractivity contribution in [2.24, 2.45) is 0 Å². The summed E-state index contributed by atoms with van der Waals surface area (Å²) in [6, 6.07) is 9.39. The van der Waals surface area contributed by atoms with E-state index in [4.69, 9.17) is 4.74 Å². The molecule has 37 heavy (non-hydrogen) atoms. The van der Waals surface area contributed by atoms with Gasteiger partial charge >= 0.3 is 24.3 Å². The van der Waals surface area contributed by atoms with Gasteiger partial charge in [0.2, 0.25) is 5.41 Å². The van der Waals surface area contributed by atoms with Crippen molar-refractivity contribution in [2.75, 3.05) is 7.11 Å². The van der Waals surface area contributed by atoms with Gasteiger partial charge in [0.1, 0.15) is 5.75 Å². The fraction of sp³-hybridized carbons (Fsp3) is 0.200. The van der Waals surface area contributed by atoms with Crippen LogP contribution in [-0.2, 0) is 10.2 Å². The maximum atomic E-state index is 14.2. The first-order chi connectivity index (χ1) is 17.1. The summed E-state index contributed by atoms with van der Waals surface area (Å²) in [5, 5.41) is 0. The highest BCUT2D eigenvalue weighted by Gasteiger charge is 2.72. The first kappa shape index (κ1) is 28.7. The molecule has 3 aromatic carbocycles. The number of carbonyl (C=O) groups is 2. The molecule has 0 amide bonds. The molecule has 0 fully saturated rings. The standard InChI is InChI=1S/C25H16Br2F6O4/c1-13-3-5-14(6-4-13)23(24(28,29)30,25(31,32)33)15-7-9-16(10-8-15)37-22(35)18-12-19(26)17(11-20(18)27)21(34)36-2/h3-12H,1-2H3. The molecule has 0 aliphatic carbocycles. The lowest BCUT2D eigenvalue weighted by Gasteiger charge is -2.38. The van der Waals surface area contributed by atoms with Crippen LogP contribution in [0.4, 0.5) is 26.3 Å². The van der Waals surface area contributed by atoms with E-state index >= 15 is 0 Å². The van der Waals surface area contributed by atoms with Gasteiger partial charge in [0.15, 0.2) is 0 Å². The molecule has 0 radical (unpaired) electrons. The average molecular weight is 654 g/mol. The van der Waals surface area contributed by atoms with E-state index in [0.717, 1.165) is 24.3 Å². The molecule has 12 heteroatoms. The van der Waals surface area contributed by atoms with E-state index in [9.17, 15) is 35.9 Å². The molecule has 0 saturated heterocycles. The Labute approximate surface area is 223 Å². The zero-order chi connectivity index (χ0) is 27.8. The lowest BCUT2D eigenvalue weighted by Crippen LogP contribution is -2.54. The van der Waals surface area contributed by atoms with Crippen LogP contribution >= 0.6 is 31.9 Å². The van der Waals surface area contributed by atoms with Crippen molar-refractivity contribution in [3.8, 4) is 5.75 Å². The van der Waals surface area contributed by atoms with Crippen LogP contribution in [0.5, 0.6) is 5.75 Å². The monoisotopic (exact) mass is 652 g/mol. The van der Waals surface area contributed by atoms with Crippen molar-refractivity contribution in [3.05, 3.63) is 97.4 Å². The van der Waals surface area contributed by atoms with E-state index in [1.54, 1.807) is 0 Å². The number of carbonyl (C=O) groups excluding carboxylic acids is 2. The number of benzene rings is 3. The van der Waals surface area contributed by atoms with Crippen LogP contribution in [0.1, 0.15) is 37.4 Å². The molecular formula is C25H16Br2F6O4. The van der Waals surface area contributed by atoms with Crippen molar-refractivity contribution in [1.29, 1.82) is 0 Å². The molecule has 3 aromatic rings. The molecule has 0 atom stereocenters. The number of aryl methyl sites for hydroxylation is 1. The van der Waals surface area contributed by atoms with Gasteiger partial charge in [-0.3, -0.25) is 0 Å². The minimum atomic E-state index is -5.74. The van der Waals surface area contributed by atoms with E-state index in [1.807, 2.05) is 0 Å². The van der Waals surface area contributed by atoms with Gasteiger partial charge < -0.3 is 9.47 Å². The normalized spacial score (nSPS) is 12.3. The minimum absolute atomic E-state index is 0.0665. The summed E-state index contributed by atoms with van der Waals surface area (Å²) < 4.78 is 95.5. The molecule has 0 unspecified atom stereocenters. The number of hydrogen-bond donors (Lipinski definition) is 0. The van der Waals surface area contributed by atoms with Gasteiger partial charge in [-0.25, -0.2) is 9.59 Å². The Balaban J connectivity index is 2.01. The summed E-state index contributed by atoms with van der Waals surface area (Å²) in [5.74, 6) is -1.96. The summed E-state index contributed by atoms with van der Waals surface area (Å²) >= 11 is 6.25. The van der Waals surface area contributed by atoms with Crippen LogP contribution < -0.4 is 4.74 Å². The van der Waals surface area contributed by atoms with Gasteiger partial charge in [0, 0.05) is 8.95 Å². The average Bonchev–Trinajstić information content (AvgIpc) is 2.80. The number of esters is 2. The van der Waals surface area contributed by atoms with Crippen LogP contribution in [0.25, 0.3) is 0 Å². The molecule has 0 spiro atoms. The van der Waals surface area contributed by atoms with Crippen molar-refractivity contribution in [3.63, 3.8) is 0 Å². The van der Waals surface area contributed by atoms with Gasteiger partial charge in [-0.1, -0.05) is 42.0 Å². The van der Waals surface area contributed by atoms with Crippen LogP contribution in [0.2, 0.25) is 0 Å². The van der Waals surface area contributed by atoms with Gasteiger partial charge in [-0.2, -0.15) is 26.3 Å². The van der Waals surface area contributed by atoms with Crippen molar-refractivity contribution < 1.29 is 45.4 Å². The van der Waals surface area contributed by atoms with E-state index < -0.39 is 40.8 Å². The molecule has 0 N–H and O–H groups in total. The molecule has 4 nitrogen and oxygen atoms in total. The SMILES string of the molecule is COC(=O)c1cc(Br)c(C(=O)Oc2ccc(C(c3ccc(C)cc3)(C(F)(F)F)C(F)(F)F)cc2)cc1Br. The van der Waals surface area contributed by atoms with Gasteiger partial charge in [0.05, 0.1) is 18.2 Å². The molecule has 0 heterocycles. The Kier molecular flexibility index (Phi) is 8.13. The molecule has 196 valence electrons. The number of rotatable bonds is 5. The van der Waals surface area contributed by atoms with Gasteiger partial charge in [-0.05, 0) is 74.2 Å². The quantitative estimate of drug-likeness (QED) is 0.159. The summed E-state index contributed by atoms with van der Waals surface area (Å²) in [6.07, 6.45) is -11.5. The Morgan fingerprint density at radius 3 is 1.51 bits per heavy atom. The number of alkyl halides is 6. The van der Waals surface area contributed by atoms with Crippen LogP contribution in [0, 0.1) is 6.92 Å². The number of methoxy groups -OCH3 is 1. The Morgan fingerprint density at radius 1 is 0.703 bits per heavy atom. The molecule has 0 bridgehead atoms. The smallest absolute Gasteiger partial charge is 0.411 e. The van der Waals surface area contributed by atoms with Gasteiger partial charge in [-0.15, -0.1) is 0 Å². The predicted molar refractivity (Wildman–Crippen MR) is 129 cm³/mol. The lowest BCUT2D eigenvalue weighted by molar-refractivity contribution is -0.288. The number of hydrogen-bond acceptors (Lipinski definition) is 4. The highest BCUT2D eigenvalue weighted by molar-refractivity contribution is 9.11. The largest absolute Gasteiger partial charge is 0.465 e. The first-order valence-electron chi connectivity index (χ1n) is 10.2. The van der Waals surface area contributed by atoms with E-state index in [2.05, 4.69) is 36.6 Å². The Hall–Kier alpha value is -2.86. The zero-order valence-electron chi connectivity index (χ0n) is 18.9. The second kappa shape index (κ2) is 10.5. The molecular weight excluding hydrogens is 638 g/mol. The maximum Gasteiger partial charge on any atom is 0.411 e. The maximum absolute atomic E-state index is 14.2. The van der Waals surface area contributed by atoms with Crippen molar-refractivity contribution in [2.45, 2.75) is 24.7 Å². The fourth-order valence-corrected chi connectivity index (χ4v) is 4.70. The molecule has 3 rings (SSSR count). The van der Waals surface area contributed by atoms with Gasteiger partial charge in [0.25, 0.3) is 0 Å². The van der Waals surface area contributed by atoms with Crippen molar-refractivity contribution in [1.82, 2.24) is 0 Å². The Bertz CT molecular complexity index is 1300. The first-order valence-corrected chi connectivity index (χ1v) is 11.8.